The summed E-state index contributed by atoms with van der Waals surface area (Å²) in [6.07, 6.45) is 0. The van der Waals surface area contributed by atoms with E-state index < -0.39 is 17.5 Å². The molecule has 0 saturated carbocycles. The van der Waals surface area contributed by atoms with Gasteiger partial charge in [-0.15, -0.1) is 0 Å². The maximum atomic E-state index is 13.0. The molecule has 0 unspecified atom stereocenters. The Morgan fingerprint density at radius 2 is 2.05 bits per heavy atom. The van der Waals surface area contributed by atoms with Crippen molar-refractivity contribution in [1.29, 1.82) is 0 Å². The number of aryl methyl sites for hydroxylation is 2. The first-order chi connectivity index (χ1) is 8.99. The molecule has 2 aromatic rings. The number of benzene rings is 1. The van der Waals surface area contributed by atoms with Gasteiger partial charge >= 0.3 is 0 Å². The predicted octanol–water partition coefficient (Wildman–Crippen LogP) is 2.23. The molecule has 100 valence electrons. The fraction of sp³-hybridized carbons (Fsp3) is 0.231. The molecule has 6 heteroatoms. The van der Waals surface area contributed by atoms with Crippen LogP contribution in [-0.4, -0.2) is 16.1 Å². The first kappa shape index (κ1) is 13.2. The Hall–Kier alpha value is -2.24. The highest BCUT2D eigenvalue weighted by molar-refractivity contribution is 5.94. The SMILES string of the molecule is Cc1n[nH]c(C)c1CNC(=O)c1ccc(F)c(F)c1. The minimum Gasteiger partial charge on any atom is -0.348 e. The molecule has 0 aliphatic rings. The molecule has 0 bridgehead atoms. The van der Waals surface area contributed by atoms with Crippen LogP contribution in [0.2, 0.25) is 0 Å². The van der Waals surface area contributed by atoms with E-state index in [0.29, 0.717) is 0 Å². The van der Waals surface area contributed by atoms with Crippen molar-refractivity contribution in [2.45, 2.75) is 20.4 Å². The fourth-order valence-electron chi connectivity index (χ4n) is 1.74. The van der Waals surface area contributed by atoms with E-state index in [0.717, 1.165) is 29.1 Å². The number of hydrogen-bond donors (Lipinski definition) is 2. The zero-order valence-electron chi connectivity index (χ0n) is 10.6. The number of hydrogen-bond acceptors (Lipinski definition) is 2. The van der Waals surface area contributed by atoms with Gasteiger partial charge in [0.2, 0.25) is 0 Å². The second-order valence-corrected chi connectivity index (χ2v) is 4.22. The molecule has 1 aromatic carbocycles. The highest BCUT2D eigenvalue weighted by Crippen LogP contribution is 2.11. The van der Waals surface area contributed by atoms with Crippen LogP contribution in [-0.2, 0) is 6.54 Å². The van der Waals surface area contributed by atoms with Crippen LogP contribution in [0.1, 0.15) is 27.3 Å². The quantitative estimate of drug-likeness (QED) is 0.894. The first-order valence-corrected chi connectivity index (χ1v) is 5.72. The summed E-state index contributed by atoms with van der Waals surface area (Å²) in [5.41, 5.74) is 2.62. The molecule has 19 heavy (non-hydrogen) atoms. The lowest BCUT2D eigenvalue weighted by atomic mass is 10.1. The van der Waals surface area contributed by atoms with Crippen LogP contribution in [0.15, 0.2) is 18.2 Å². The number of aromatic amines is 1. The smallest absolute Gasteiger partial charge is 0.251 e. The van der Waals surface area contributed by atoms with Gasteiger partial charge in [0.15, 0.2) is 11.6 Å². The molecule has 0 spiro atoms. The van der Waals surface area contributed by atoms with Gasteiger partial charge in [-0.1, -0.05) is 0 Å². The average molecular weight is 265 g/mol. The van der Waals surface area contributed by atoms with E-state index in [1.54, 1.807) is 0 Å². The average Bonchev–Trinajstić information content (AvgIpc) is 2.69. The summed E-state index contributed by atoms with van der Waals surface area (Å²) in [4.78, 5) is 11.8. The maximum Gasteiger partial charge on any atom is 0.251 e. The molecule has 0 saturated heterocycles. The summed E-state index contributed by atoms with van der Waals surface area (Å²) in [5.74, 6) is -2.47. The van der Waals surface area contributed by atoms with Crippen molar-refractivity contribution >= 4 is 5.91 Å². The molecular formula is C13H13F2N3O. The topological polar surface area (TPSA) is 57.8 Å². The molecule has 2 N–H and O–H groups in total. The summed E-state index contributed by atoms with van der Waals surface area (Å²) in [6.45, 7) is 3.95. The number of nitrogens with one attached hydrogen (secondary N) is 2. The normalized spacial score (nSPS) is 10.5. The van der Waals surface area contributed by atoms with Crippen molar-refractivity contribution < 1.29 is 13.6 Å². The van der Waals surface area contributed by atoms with Crippen LogP contribution in [0.4, 0.5) is 8.78 Å². The molecule has 0 fully saturated rings. The lowest BCUT2D eigenvalue weighted by Gasteiger charge is -2.06. The van der Waals surface area contributed by atoms with Crippen LogP contribution >= 0.6 is 0 Å². The first-order valence-electron chi connectivity index (χ1n) is 5.72. The Morgan fingerprint density at radius 3 is 2.63 bits per heavy atom. The second kappa shape index (κ2) is 5.17. The Morgan fingerprint density at radius 1 is 1.32 bits per heavy atom. The second-order valence-electron chi connectivity index (χ2n) is 4.22. The summed E-state index contributed by atoms with van der Waals surface area (Å²) >= 11 is 0. The van der Waals surface area contributed by atoms with Gasteiger partial charge in [0.1, 0.15) is 0 Å². The number of amides is 1. The highest BCUT2D eigenvalue weighted by Gasteiger charge is 2.11. The number of halogens is 2. The van der Waals surface area contributed by atoms with Gasteiger partial charge in [0, 0.05) is 23.4 Å². The number of aromatic nitrogens is 2. The van der Waals surface area contributed by atoms with Crippen molar-refractivity contribution in [1.82, 2.24) is 15.5 Å². The molecular weight excluding hydrogens is 252 g/mol. The zero-order valence-corrected chi connectivity index (χ0v) is 10.6. The predicted molar refractivity (Wildman–Crippen MR) is 65.6 cm³/mol. The summed E-state index contributed by atoms with van der Waals surface area (Å²) in [7, 11) is 0. The van der Waals surface area contributed by atoms with Crippen molar-refractivity contribution in [3.8, 4) is 0 Å². The Bertz CT molecular complexity index is 603. The van der Waals surface area contributed by atoms with Gasteiger partial charge in [-0.05, 0) is 32.0 Å². The number of rotatable bonds is 3. The van der Waals surface area contributed by atoms with Gasteiger partial charge < -0.3 is 5.32 Å². The third-order valence-electron chi connectivity index (χ3n) is 2.89. The fourth-order valence-corrected chi connectivity index (χ4v) is 1.74. The standard InChI is InChI=1S/C13H13F2N3O/c1-7-10(8(2)18-17-7)6-16-13(19)9-3-4-11(14)12(15)5-9/h3-5H,6H2,1-2H3,(H,16,19)(H,17,18). The van der Waals surface area contributed by atoms with Crippen LogP contribution in [0, 0.1) is 25.5 Å². The molecule has 0 aliphatic heterocycles. The molecule has 2 rings (SSSR count). The van der Waals surface area contributed by atoms with E-state index in [2.05, 4.69) is 15.5 Å². The molecule has 1 amide bonds. The van der Waals surface area contributed by atoms with E-state index in [-0.39, 0.29) is 12.1 Å². The summed E-state index contributed by atoms with van der Waals surface area (Å²) < 4.78 is 25.8. The van der Waals surface area contributed by atoms with E-state index in [1.165, 1.54) is 6.07 Å². The van der Waals surface area contributed by atoms with Crippen LogP contribution in [0.3, 0.4) is 0 Å². The number of H-pyrrole nitrogens is 1. The number of carbonyl (C=O) groups is 1. The molecule has 1 heterocycles. The number of nitrogens with zero attached hydrogens (tertiary/aromatic N) is 1. The van der Waals surface area contributed by atoms with E-state index >= 15 is 0 Å². The lowest BCUT2D eigenvalue weighted by molar-refractivity contribution is 0.0950. The Balaban J connectivity index is 2.07. The molecule has 4 nitrogen and oxygen atoms in total. The van der Waals surface area contributed by atoms with Gasteiger partial charge in [-0.3, -0.25) is 9.89 Å². The third-order valence-corrected chi connectivity index (χ3v) is 2.89. The minimum absolute atomic E-state index is 0.0812. The zero-order chi connectivity index (χ0) is 14.0. The molecule has 0 aliphatic carbocycles. The molecule has 0 radical (unpaired) electrons. The van der Waals surface area contributed by atoms with Crippen LogP contribution in [0.5, 0.6) is 0 Å². The molecule has 1 aromatic heterocycles. The Labute approximate surface area is 108 Å². The molecule has 0 atom stereocenters. The highest BCUT2D eigenvalue weighted by atomic mass is 19.2. The van der Waals surface area contributed by atoms with Gasteiger partial charge in [-0.25, -0.2) is 8.78 Å². The van der Waals surface area contributed by atoms with Crippen molar-refractivity contribution in [3.05, 3.63) is 52.3 Å². The van der Waals surface area contributed by atoms with Crippen molar-refractivity contribution in [2.75, 3.05) is 0 Å². The summed E-state index contributed by atoms with van der Waals surface area (Å²) in [5, 5.41) is 9.45. The van der Waals surface area contributed by atoms with E-state index in [1.807, 2.05) is 13.8 Å². The van der Waals surface area contributed by atoms with Crippen molar-refractivity contribution in [3.63, 3.8) is 0 Å². The lowest BCUT2D eigenvalue weighted by Crippen LogP contribution is -2.23. The van der Waals surface area contributed by atoms with Gasteiger partial charge in [0.05, 0.1) is 5.69 Å². The van der Waals surface area contributed by atoms with Gasteiger partial charge in [0.25, 0.3) is 5.91 Å². The summed E-state index contributed by atoms with van der Waals surface area (Å²) in [6, 6.07) is 3.04. The maximum absolute atomic E-state index is 13.0. The van der Waals surface area contributed by atoms with E-state index in [9.17, 15) is 13.6 Å². The van der Waals surface area contributed by atoms with Crippen LogP contribution < -0.4 is 5.32 Å². The Kier molecular flexibility index (Phi) is 3.59. The monoisotopic (exact) mass is 265 g/mol. The number of carbonyl (C=O) groups excluding carboxylic acids is 1. The minimum atomic E-state index is -1.04. The van der Waals surface area contributed by atoms with Crippen LogP contribution in [0.25, 0.3) is 0 Å². The van der Waals surface area contributed by atoms with Gasteiger partial charge in [-0.2, -0.15) is 5.10 Å². The van der Waals surface area contributed by atoms with Crippen molar-refractivity contribution in [2.24, 2.45) is 0 Å². The largest absolute Gasteiger partial charge is 0.348 e. The third kappa shape index (κ3) is 2.78. The van der Waals surface area contributed by atoms with E-state index in [4.69, 9.17) is 0 Å².